The molecule has 2 aliphatic heterocycles. The van der Waals surface area contributed by atoms with Crippen LogP contribution in [0.5, 0.6) is 5.75 Å². The largest absolute Gasteiger partial charge is 0.511 e. The number of benzene rings is 1. The summed E-state index contributed by atoms with van der Waals surface area (Å²) in [6.45, 7) is 3.81. The maximum Gasteiger partial charge on any atom is 0.511 e. The maximum absolute atomic E-state index is 13.3. The van der Waals surface area contributed by atoms with Crippen LogP contribution < -0.4 is 14.5 Å². The number of nitrogens with zero attached hydrogens (tertiary/aromatic N) is 3. The minimum Gasteiger partial charge on any atom is -0.454 e. The van der Waals surface area contributed by atoms with Crippen molar-refractivity contribution in [1.82, 2.24) is 14.1 Å². The van der Waals surface area contributed by atoms with Gasteiger partial charge in [0.25, 0.3) is 0 Å². The first kappa shape index (κ1) is 28.2. The summed E-state index contributed by atoms with van der Waals surface area (Å²) in [5.74, 6) is 2.32. The summed E-state index contributed by atoms with van der Waals surface area (Å²) in [7, 11) is -7.26. The van der Waals surface area contributed by atoms with E-state index < -0.39 is 35.9 Å². The summed E-state index contributed by atoms with van der Waals surface area (Å²) in [6.07, 6.45) is 8.12. The van der Waals surface area contributed by atoms with Crippen LogP contribution in [0.15, 0.2) is 42.2 Å². The molecule has 2 fully saturated rings. The van der Waals surface area contributed by atoms with E-state index in [2.05, 4.69) is 5.92 Å². The first-order valence-corrected chi connectivity index (χ1v) is 13.7. The number of terminal acetylenes is 1. The molecule has 0 aliphatic carbocycles. The van der Waals surface area contributed by atoms with Gasteiger partial charge in [-0.3, -0.25) is 19.4 Å². The number of allylic oxidation sites excluding steroid dienone is 2. The zero-order valence-corrected chi connectivity index (χ0v) is 21.2. The molecular weight excluding hydrogens is 524 g/mol. The van der Waals surface area contributed by atoms with E-state index in [9.17, 15) is 31.4 Å². The average molecular weight is 550 g/mol. The zero-order valence-electron chi connectivity index (χ0n) is 19.5. The highest BCUT2D eigenvalue weighted by Crippen LogP contribution is 2.63. The van der Waals surface area contributed by atoms with E-state index >= 15 is 0 Å². The van der Waals surface area contributed by atoms with Crippen molar-refractivity contribution in [1.29, 1.82) is 0 Å². The number of hydrogen-bond acceptors (Lipinski definition) is 7. The van der Waals surface area contributed by atoms with Crippen molar-refractivity contribution in [3.8, 4) is 18.1 Å². The molecule has 1 aromatic carbocycles. The lowest BCUT2D eigenvalue weighted by molar-refractivity contribution is -0.0446. The molecule has 0 bridgehead atoms. The van der Waals surface area contributed by atoms with E-state index in [0.717, 1.165) is 17.2 Å². The minimum absolute atomic E-state index is 0.0172. The predicted molar refractivity (Wildman–Crippen MR) is 127 cm³/mol. The van der Waals surface area contributed by atoms with Gasteiger partial charge in [-0.15, -0.1) is 6.42 Å². The van der Waals surface area contributed by atoms with Crippen molar-refractivity contribution in [3.05, 3.63) is 47.7 Å². The van der Waals surface area contributed by atoms with Gasteiger partial charge < -0.3 is 4.74 Å². The number of hydroxylamine groups is 1. The average Bonchev–Trinajstić information content (AvgIpc) is 3.68. The first-order chi connectivity index (χ1) is 16.8. The molecule has 2 aliphatic rings. The van der Waals surface area contributed by atoms with Crippen LogP contribution in [0, 0.1) is 12.3 Å². The summed E-state index contributed by atoms with van der Waals surface area (Å²) in [5, 5.41) is 10.8. The molecule has 2 saturated heterocycles. The van der Waals surface area contributed by atoms with Gasteiger partial charge >= 0.3 is 23.2 Å². The number of anilines is 1. The second-order valence-corrected chi connectivity index (χ2v) is 12.0. The molecule has 36 heavy (non-hydrogen) atoms. The number of halogens is 3. The van der Waals surface area contributed by atoms with Crippen LogP contribution in [-0.2, 0) is 19.1 Å². The molecule has 3 rings (SSSR count). The Morgan fingerprint density at radius 2 is 1.94 bits per heavy atom. The van der Waals surface area contributed by atoms with Gasteiger partial charge in [0.2, 0.25) is 0 Å². The number of hydrogen-bond donors (Lipinski definition) is 2. The van der Waals surface area contributed by atoms with E-state index in [1.807, 2.05) is 0 Å². The standard InChI is InChI=1S/C21H26F3N4O6PS/c1-4-6-18(7-5-10-25-36(31,32)21(22,23)24)33-20-15-17(8-9-19(20)26(3)29)16(2)34-35(30,27-11-12-27)28-13-14-28/h1,5-9,15-16,25,29H,10-14H2,2-3H3/b7-5-,18-6+. The summed E-state index contributed by atoms with van der Waals surface area (Å²) in [4.78, 5) is 0. The normalized spacial score (nSPS) is 18.2. The number of alkyl halides is 3. The van der Waals surface area contributed by atoms with E-state index in [1.165, 1.54) is 17.8 Å². The van der Waals surface area contributed by atoms with Gasteiger partial charge in [0.05, 0.1) is 6.10 Å². The lowest BCUT2D eigenvalue weighted by atomic mass is 10.1. The van der Waals surface area contributed by atoms with Crippen molar-refractivity contribution in [2.24, 2.45) is 0 Å². The third-order valence-electron chi connectivity index (χ3n) is 5.09. The van der Waals surface area contributed by atoms with Gasteiger partial charge in [-0.05, 0) is 30.7 Å². The Balaban J connectivity index is 1.77. The molecule has 2 N–H and O–H groups in total. The van der Waals surface area contributed by atoms with Crippen LogP contribution in [0.25, 0.3) is 0 Å². The number of ether oxygens (including phenoxy) is 1. The van der Waals surface area contributed by atoms with Crippen LogP contribution in [0.4, 0.5) is 18.9 Å². The zero-order chi connectivity index (χ0) is 26.7. The van der Waals surface area contributed by atoms with Crippen LogP contribution in [0.1, 0.15) is 18.6 Å². The molecule has 0 radical (unpaired) electrons. The number of nitrogens with one attached hydrogen (secondary N) is 1. The Bertz CT molecular complexity index is 1200. The van der Waals surface area contributed by atoms with Gasteiger partial charge in [0, 0.05) is 45.8 Å². The fourth-order valence-corrected chi connectivity index (χ4v) is 5.87. The third-order valence-corrected chi connectivity index (χ3v) is 9.07. The van der Waals surface area contributed by atoms with E-state index in [0.29, 0.717) is 31.7 Å². The molecule has 2 heterocycles. The molecule has 1 atom stereocenters. The molecule has 0 aromatic heterocycles. The Hall–Kier alpha value is -2.37. The van der Waals surface area contributed by atoms with Crippen LogP contribution in [0.3, 0.4) is 0 Å². The van der Waals surface area contributed by atoms with Crippen molar-refractivity contribution in [2.75, 3.05) is 44.8 Å². The van der Waals surface area contributed by atoms with Crippen LogP contribution in [-0.4, -0.2) is 68.2 Å². The SMILES string of the molecule is C#C/C=C(\C=C/CNS(=O)(=O)C(F)(F)F)Oc1cc(C(C)OP(=O)(N2CC2)N2CC2)ccc1N(C)O. The molecule has 0 amide bonds. The van der Waals surface area contributed by atoms with E-state index in [1.54, 1.807) is 34.5 Å². The van der Waals surface area contributed by atoms with Crippen molar-refractivity contribution in [3.63, 3.8) is 0 Å². The van der Waals surface area contributed by atoms with Gasteiger partial charge in [0.15, 0.2) is 5.75 Å². The van der Waals surface area contributed by atoms with Crippen LogP contribution in [0.2, 0.25) is 0 Å². The smallest absolute Gasteiger partial charge is 0.454 e. The topological polar surface area (TPSA) is 111 Å². The molecule has 0 spiro atoms. The highest BCUT2D eigenvalue weighted by atomic mass is 32.2. The Morgan fingerprint density at radius 3 is 2.44 bits per heavy atom. The van der Waals surface area contributed by atoms with Gasteiger partial charge in [0.1, 0.15) is 11.4 Å². The van der Waals surface area contributed by atoms with Crippen molar-refractivity contribution < 1.29 is 40.6 Å². The highest BCUT2D eigenvalue weighted by molar-refractivity contribution is 7.90. The summed E-state index contributed by atoms with van der Waals surface area (Å²) >= 11 is 0. The number of sulfonamides is 1. The molecule has 198 valence electrons. The van der Waals surface area contributed by atoms with Gasteiger partial charge in [-0.25, -0.2) is 22.5 Å². The Labute approximate surface area is 207 Å². The van der Waals surface area contributed by atoms with Crippen molar-refractivity contribution in [2.45, 2.75) is 18.5 Å². The first-order valence-electron chi connectivity index (χ1n) is 10.7. The van der Waals surface area contributed by atoms with E-state index in [-0.39, 0.29) is 17.2 Å². The fourth-order valence-electron chi connectivity index (χ4n) is 3.04. The van der Waals surface area contributed by atoms with Gasteiger partial charge in [-0.1, -0.05) is 18.1 Å². The van der Waals surface area contributed by atoms with Crippen LogP contribution >= 0.6 is 7.67 Å². The Kier molecular flexibility index (Phi) is 8.57. The minimum atomic E-state index is -5.50. The fraction of sp³-hybridized carbons (Fsp3) is 0.429. The monoisotopic (exact) mass is 550 g/mol. The molecule has 15 heteroatoms. The van der Waals surface area contributed by atoms with E-state index in [4.69, 9.17) is 15.7 Å². The second kappa shape index (κ2) is 10.9. The molecule has 10 nitrogen and oxygen atoms in total. The lowest BCUT2D eigenvalue weighted by Gasteiger charge is -2.25. The number of rotatable bonds is 12. The van der Waals surface area contributed by atoms with Gasteiger partial charge in [-0.2, -0.15) is 13.2 Å². The highest BCUT2D eigenvalue weighted by Gasteiger charge is 2.50. The summed E-state index contributed by atoms with van der Waals surface area (Å²) in [5.41, 5.74) is -4.63. The van der Waals surface area contributed by atoms with Crippen molar-refractivity contribution >= 4 is 23.4 Å². The quantitative estimate of drug-likeness (QED) is 0.101. The molecular formula is C21H26F3N4O6PS. The maximum atomic E-state index is 13.3. The second-order valence-electron chi connectivity index (χ2n) is 7.91. The summed E-state index contributed by atoms with van der Waals surface area (Å²) < 4.78 is 89.6. The molecule has 0 saturated carbocycles. The third kappa shape index (κ3) is 6.89. The lowest BCUT2D eigenvalue weighted by Crippen LogP contribution is -2.36. The molecule has 1 aromatic rings. The summed E-state index contributed by atoms with van der Waals surface area (Å²) in [6, 6.07) is 4.76. The molecule has 1 unspecified atom stereocenters. The Morgan fingerprint density at radius 1 is 1.33 bits per heavy atom. The predicted octanol–water partition coefficient (Wildman–Crippen LogP) is 3.22.